The molecule has 0 fully saturated rings. The molecule has 0 aliphatic rings. The Morgan fingerprint density at radius 1 is 1.53 bits per heavy atom. The molecule has 5 heteroatoms. The van der Waals surface area contributed by atoms with Gasteiger partial charge in [-0.1, -0.05) is 13.0 Å². The summed E-state index contributed by atoms with van der Waals surface area (Å²) in [4.78, 5) is 12.7. The van der Waals surface area contributed by atoms with Crippen LogP contribution in [0.15, 0.2) is 45.6 Å². The summed E-state index contributed by atoms with van der Waals surface area (Å²) in [6.45, 7) is 2.00. The van der Waals surface area contributed by atoms with Gasteiger partial charge in [0.1, 0.15) is 6.26 Å². The summed E-state index contributed by atoms with van der Waals surface area (Å²) in [6, 6.07) is 5.54. The van der Waals surface area contributed by atoms with E-state index in [2.05, 4.69) is 10.5 Å². The van der Waals surface area contributed by atoms with E-state index in [0.29, 0.717) is 5.56 Å². The second-order valence-electron chi connectivity index (χ2n) is 3.34. The molecule has 0 atom stereocenters. The van der Waals surface area contributed by atoms with Crippen LogP contribution in [0.25, 0.3) is 0 Å². The molecule has 1 amide bonds. The van der Waals surface area contributed by atoms with Gasteiger partial charge in [-0.05, 0) is 23.9 Å². The Labute approximate surface area is 103 Å². The summed E-state index contributed by atoms with van der Waals surface area (Å²) in [7, 11) is 0. The highest BCUT2D eigenvalue weighted by atomic mass is 32.1. The monoisotopic (exact) mass is 248 g/mol. The molecule has 0 aliphatic carbocycles. The van der Waals surface area contributed by atoms with Crippen LogP contribution in [0, 0.1) is 0 Å². The van der Waals surface area contributed by atoms with Crippen molar-refractivity contribution in [2.45, 2.75) is 13.3 Å². The van der Waals surface area contributed by atoms with Crippen LogP contribution < -0.4 is 5.43 Å². The summed E-state index contributed by atoms with van der Waals surface area (Å²) < 4.78 is 4.83. The number of carbonyl (C=O) groups excluding carboxylic acids is 1. The largest absolute Gasteiger partial charge is 0.472 e. The van der Waals surface area contributed by atoms with Crippen LogP contribution in [0.1, 0.15) is 28.6 Å². The van der Waals surface area contributed by atoms with Crippen LogP contribution >= 0.6 is 11.3 Å². The number of hydrogen-bond donors (Lipinski definition) is 1. The van der Waals surface area contributed by atoms with Crippen molar-refractivity contribution in [2.75, 3.05) is 0 Å². The van der Waals surface area contributed by atoms with Gasteiger partial charge in [0.25, 0.3) is 5.91 Å². The first kappa shape index (κ1) is 11.6. The third kappa shape index (κ3) is 2.82. The minimum Gasteiger partial charge on any atom is -0.472 e. The Bertz CT molecular complexity index is 501. The van der Waals surface area contributed by atoms with E-state index in [0.717, 1.165) is 17.0 Å². The van der Waals surface area contributed by atoms with Crippen molar-refractivity contribution >= 4 is 23.0 Å². The molecular weight excluding hydrogens is 236 g/mol. The molecule has 17 heavy (non-hydrogen) atoms. The predicted molar refractivity (Wildman–Crippen MR) is 67.3 cm³/mol. The number of nitrogens with zero attached hydrogens (tertiary/aromatic N) is 1. The fourth-order valence-corrected chi connectivity index (χ4v) is 2.11. The standard InChI is InChI=1S/C12H12N2O2S/c1-2-10(11-4-3-7-17-11)13-14-12(15)9-5-6-16-8-9/h3-8H,2H2,1H3,(H,14,15). The van der Waals surface area contributed by atoms with Gasteiger partial charge >= 0.3 is 0 Å². The maximum Gasteiger partial charge on any atom is 0.274 e. The second kappa shape index (κ2) is 5.45. The molecule has 0 saturated carbocycles. The Hall–Kier alpha value is -1.88. The molecule has 88 valence electrons. The first-order valence-corrected chi connectivity index (χ1v) is 6.12. The van der Waals surface area contributed by atoms with Gasteiger partial charge in [-0.25, -0.2) is 5.43 Å². The van der Waals surface area contributed by atoms with E-state index >= 15 is 0 Å². The van der Waals surface area contributed by atoms with Gasteiger partial charge in [0.15, 0.2) is 0 Å². The maximum absolute atomic E-state index is 11.6. The quantitative estimate of drug-likeness (QED) is 0.668. The molecule has 1 N–H and O–H groups in total. The molecule has 2 heterocycles. The molecule has 0 radical (unpaired) electrons. The number of amides is 1. The molecule has 2 rings (SSSR count). The van der Waals surface area contributed by atoms with Crippen molar-refractivity contribution in [2.24, 2.45) is 5.10 Å². The summed E-state index contributed by atoms with van der Waals surface area (Å²) in [5, 5.41) is 6.11. The summed E-state index contributed by atoms with van der Waals surface area (Å²) >= 11 is 1.60. The number of furan rings is 1. The highest BCUT2D eigenvalue weighted by molar-refractivity contribution is 7.12. The van der Waals surface area contributed by atoms with E-state index in [1.54, 1.807) is 17.4 Å². The van der Waals surface area contributed by atoms with Crippen LogP contribution in [-0.4, -0.2) is 11.6 Å². The summed E-state index contributed by atoms with van der Waals surface area (Å²) in [5.41, 5.74) is 3.86. The molecule has 2 aromatic rings. The number of carbonyl (C=O) groups is 1. The Morgan fingerprint density at radius 3 is 3.00 bits per heavy atom. The van der Waals surface area contributed by atoms with Gasteiger partial charge in [-0.15, -0.1) is 11.3 Å². The van der Waals surface area contributed by atoms with Crippen molar-refractivity contribution in [3.63, 3.8) is 0 Å². The molecule has 0 bridgehead atoms. The van der Waals surface area contributed by atoms with E-state index in [1.165, 1.54) is 12.5 Å². The minimum absolute atomic E-state index is 0.263. The zero-order valence-corrected chi connectivity index (χ0v) is 10.2. The summed E-state index contributed by atoms with van der Waals surface area (Å²) in [6.07, 6.45) is 3.62. The average Bonchev–Trinajstić information content (AvgIpc) is 3.02. The van der Waals surface area contributed by atoms with Gasteiger partial charge in [0, 0.05) is 0 Å². The van der Waals surface area contributed by atoms with Gasteiger partial charge in [0.2, 0.25) is 0 Å². The molecule has 0 unspecified atom stereocenters. The van der Waals surface area contributed by atoms with E-state index in [4.69, 9.17) is 4.42 Å². The van der Waals surface area contributed by atoms with Crippen molar-refractivity contribution in [1.29, 1.82) is 0 Å². The number of rotatable bonds is 4. The second-order valence-corrected chi connectivity index (χ2v) is 4.29. The lowest BCUT2D eigenvalue weighted by atomic mass is 10.2. The molecule has 0 aliphatic heterocycles. The molecular formula is C12H12N2O2S. The van der Waals surface area contributed by atoms with Crippen LogP contribution in [0.5, 0.6) is 0 Å². The number of hydrogen-bond acceptors (Lipinski definition) is 4. The van der Waals surface area contributed by atoms with Gasteiger partial charge in [-0.3, -0.25) is 4.79 Å². The highest BCUT2D eigenvalue weighted by Crippen LogP contribution is 2.11. The van der Waals surface area contributed by atoms with Gasteiger partial charge in [0.05, 0.1) is 22.4 Å². The smallest absolute Gasteiger partial charge is 0.274 e. The van der Waals surface area contributed by atoms with E-state index in [-0.39, 0.29) is 5.91 Å². The highest BCUT2D eigenvalue weighted by Gasteiger charge is 2.07. The lowest BCUT2D eigenvalue weighted by Crippen LogP contribution is -2.19. The Morgan fingerprint density at radius 2 is 2.41 bits per heavy atom. The van der Waals surface area contributed by atoms with Crippen molar-refractivity contribution in [1.82, 2.24) is 5.43 Å². The molecule has 0 aromatic carbocycles. The van der Waals surface area contributed by atoms with E-state index < -0.39 is 0 Å². The normalized spacial score (nSPS) is 11.5. The number of thiophene rings is 1. The molecule has 4 nitrogen and oxygen atoms in total. The van der Waals surface area contributed by atoms with Crippen molar-refractivity contribution < 1.29 is 9.21 Å². The van der Waals surface area contributed by atoms with Gasteiger partial charge < -0.3 is 4.42 Å². The van der Waals surface area contributed by atoms with E-state index in [1.807, 2.05) is 24.4 Å². The Balaban J connectivity index is 2.07. The molecule has 0 saturated heterocycles. The topological polar surface area (TPSA) is 54.6 Å². The molecule has 0 spiro atoms. The van der Waals surface area contributed by atoms with Crippen LogP contribution in [0.2, 0.25) is 0 Å². The summed E-state index contributed by atoms with van der Waals surface area (Å²) in [5.74, 6) is -0.263. The zero-order valence-electron chi connectivity index (χ0n) is 9.34. The van der Waals surface area contributed by atoms with Crippen LogP contribution in [0.3, 0.4) is 0 Å². The minimum atomic E-state index is -0.263. The van der Waals surface area contributed by atoms with Crippen LogP contribution in [-0.2, 0) is 0 Å². The molecule has 2 aromatic heterocycles. The lowest BCUT2D eigenvalue weighted by molar-refractivity contribution is 0.0954. The third-order valence-corrected chi connectivity index (χ3v) is 3.14. The third-order valence-electron chi connectivity index (χ3n) is 2.22. The average molecular weight is 248 g/mol. The first-order valence-electron chi connectivity index (χ1n) is 5.24. The van der Waals surface area contributed by atoms with E-state index in [9.17, 15) is 4.79 Å². The first-order chi connectivity index (χ1) is 8.31. The SMILES string of the molecule is CCC(=NNC(=O)c1ccoc1)c1cccs1. The van der Waals surface area contributed by atoms with Crippen molar-refractivity contribution in [3.8, 4) is 0 Å². The number of hydrazone groups is 1. The van der Waals surface area contributed by atoms with Crippen molar-refractivity contribution in [3.05, 3.63) is 46.5 Å². The zero-order chi connectivity index (χ0) is 12.1. The van der Waals surface area contributed by atoms with Gasteiger partial charge in [-0.2, -0.15) is 5.10 Å². The fraction of sp³-hybridized carbons (Fsp3) is 0.167. The lowest BCUT2D eigenvalue weighted by Gasteiger charge is -2.01. The van der Waals surface area contributed by atoms with Crippen LogP contribution in [0.4, 0.5) is 0 Å². The maximum atomic E-state index is 11.6. The fourth-order valence-electron chi connectivity index (χ4n) is 1.33. The predicted octanol–water partition coefficient (Wildman–Crippen LogP) is 2.89. The number of nitrogens with one attached hydrogen (secondary N) is 1. The Kier molecular flexibility index (Phi) is 3.72.